The molecule has 0 bridgehead atoms. The van der Waals surface area contributed by atoms with Gasteiger partial charge in [0, 0.05) is 27.8 Å². The van der Waals surface area contributed by atoms with Gasteiger partial charge in [-0.05, 0) is 42.3 Å². The monoisotopic (exact) mass is 471 g/mol. The predicted molar refractivity (Wildman–Crippen MR) is 128 cm³/mol. The van der Waals surface area contributed by atoms with E-state index in [1.807, 2.05) is 11.0 Å². The summed E-state index contributed by atoms with van der Waals surface area (Å²) in [7, 11) is 0. The smallest absolute Gasteiger partial charge is 0.180 e. The Labute approximate surface area is 200 Å². The molecule has 3 aromatic carbocycles. The number of hydrogen-bond donors (Lipinski definition) is 0. The van der Waals surface area contributed by atoms with Gasteiger partial charge in [-0.15, -0.1) is 0 Å². The molecule has 2 aliphatic heterocycles. The van der Waals surface area contributed by atoms with E-state index in [4.69, 9.17) is 11.6 Å². The summed E-state index contributed by atoms with van der Waals surface area (Å²) in [5.41, 5.74) is 0.606. The standard InChI is InChI=1S/C28H19ClFNO3/c1-15(32)25-24(20-8-4-5-9-21(20)30)28(26(33)18-6-2-3-7-19(18)27(28)34)23-13-10-16-14-17(29)11-12-22(16)31(23)25/h2-14,23-25H,1H3/t23-,24+,25+/m1/s1. The zero-order chi connectivity index (χ0) is 23.8. The fourth-order valence-electron chi connectivity index (χ4n) is 6.17. The van der Waals surface area contributed by atoms with Crippen molar-refractivity contribution in [1.29, 1.82) is 0 Å². The van der Waals surface area contributed by atoms with Crippen LogP contribution >= 0.6 is 11.6 Å². The van der Waals surface area contributed by atoms with Crippen LogP contribution in [0.25, 0.3) is 6.08 Å². The van der Waals surface area contributed by atoms with Gasteiger partial charge in [-0.25, -0.2) is 4.39 Å². The number of halogens is 2. The SMILES string of the molecule is CC(=O)[C@H]1[C@H](c2ccccc2F)C2(C(=O)c3ccccc3C2=O)[C@H]2C=Cc3cc(Cl)ccc3N12. The Morgan fingerprint density at radius 1 is 0.971 bits per heavy atom. The molecule has 4 nitrogen and oxygen atoms in total. The number of benzene rings is 3. The fraction of sp³-hybridized carbons (Fsp3) is 0.179. The van der Waals surface area contributed by atoms with Crippen molar-refractivity contribution in [3.63, 3.8) is 0 Å². The molecule has 0 aromatic heterocycles. The Bertz CT molecular complexity index is 1410. The predicted octanol–water partition coefficient (Wildman–Crippen LogP) is 5.50. The van der Waals surface area contributed by atoms with Gasteiger partial charge >= 0.3 is 0 Å². The lowest BCUT2D eigenvalue weighted by Crippen LogP contribution is -2.48. The van der Waals surface area contributed by atoms with Crippen molar-refractivity contribution < 1.29 is 18.8 Å². The van der Waals surface area contributed by atoms with Gasteiger partial charge in [0.05, 0.1) is 12.1 Å². The molecule has 3 aromatic rings. The van der Waals surface area contributed by atoms with Crippen molar-refractivity contribution in [2.45, 2.75) is 24.9 Å². The average Bonchev–Trinajstić information content (AvgIpc) is 3.26. The van der Waals surface area contributed by atoms with Crippen LogP contribution in [0.3, 0.4) is 0 Å². The third-order valence-electron chi connectivity index (χ3n) is 7.42. The Morgan fingerprint density at radius 3 is 2.26 bits per heavy atom. The second kappa shape index (κ2) is 7.21. The molecule has 0 saturated carbocycles. The molecule has 3 atom stereocenters. The van der Waals surface area contributed by atoms with Crippen LogP contribution in [0.4, 0.5) is 10.1 Å². The van der Waals surface area contributed by atoms with Gasteiger partial charge in [0.15, 0.2) is 17.3 Å². The molecule has 1 fully saturated rings. The molecule has 1 aliphatic carbocycles. The molecule has 3 aliphatic rings. The van der Waals surface area contributed by atoms with Crippen LogP contribution in [0.15, 0.2) is 72.8 Å². The van der Waals surface area contributed by atoms with Crippen LogP contribution in [0.1, 0.15) is 44.7 Å². The highest BCUT2D eigenvalue weighted by Gasteiger charge is 2.71. The Balaban J connectivity index is 1.70. The highest BCUT2D eigenvalue weighted by atomic mass is 35.5. The minimum Gasteiger partial charge on any atom is -0.352 e. The number of fused-ring (bicyclic) bond motifs is 5. The first-order valence-corrected chi connectivity index (χ1v) is 11.4. The summed E-state index contributed by atoms with van der Waals surface area (Å²) in [6.07, 6.45) is 3.62. The van der Waals surface area contributed by atoms with Gasteiger partial charge in [-0.2, -0.15) is 0 Å². The summed E-state index contributed by atoms with van der Waals surface area (Å²) >= 11 is 6.21. The van der Waals surface area contributed by atoms with Gasteiger partial charge in [-0.1, -0.05) is 66.2 Å². The molecule has 168 valence electrons. The number of carbonyl (C=O) groups is 3. The summed E-state index contributed by atoms with van der Waals surface area (Å²) in [5.74, 6) is -2.54. The highest BCUT2D eigenvalue weighted by molar-refractivity contribution is 6.32. The minimum absolute atomic E-state index is 0.190. The molecule has 0 amide bonds. The maximum Gasteiger partial charge on any atom is 0.180 e. The fourth-order valence-corrected chi connectivity index (χ4v) is 6.35. The van der Waals surface area contributed by atoms with E-state index in [2.05, 4.69) is 0 Å². The minimum atomic E-state index is -1.67. The van der Waals surface area contributed by atoms with E-state index in [1.165, 1.54) is 13.0 Å². The first kappa shape index (κ1) is 21.0. The summed E-state index contributed by atoms with van der Waals surface area (Å²) < 4.78 is 15.3. The maximum absolute atomic E-state index is 15.3. The zero-order valence-corrected chi connectivity index (χ0v) is 18.9. The van der Waals surface area contributed by atoms with Crippen LogP contribution < -0.4 is 4.90 Å². The van der Waals surface area contributed by atoms with Gasteiger partial charge in [0.1, 0.15) is 11.2 Å². The van der Waals surface area contributed by atoms with Gasteiger partial charge in [-0.3, -0.25) is 14.4 Å². The van der Waals surface area contributed by atoms with Crippen LogP contribution in [0, 0.1) is 11.2 Å². The molecule has 6 heteroatoms. The summed E-state index contributed by atoms with van der Waals surface area (Å²) in [4.78, 5) is 43.4. The highest BCUT2D eigenvalue weighted by Crippen LogP contribution is 2.60. The number of anilines is 1. The molecule has 1 spiro atoms. The number of carbonyl (C=O) groups excluding carboxylic acids is 3. The number of Topliss-reactive ketones (excluding diaryl/α,β-unsaturated/α-hetero) is 3. The Morgan fingerprint density at radius 2 is 1.62 bits per heavy atom. The van der Waals surface area contributed by atoms with E-state index in [0.29, 0.717) is 21.8 Å². The lowest BCUT2D eigenvalue weighted by atomic mass is 9.64. The lowest BCUT2D eigenvalue weighted by molar-refractivity contribution is -0.118. The quantitative estimate of drug-likeness (QED) is 0.463. The topological polar surface area (TPSA) is 54.5 Å². The largest absolute Gasteiger partial charge is 0.352 e. The normalized spacial score (nSPS) is 23.7. The van der Waals surface area contributed by atoms with Crippen LogP contribution in [-0.4, -0.2) is 29.4 Å². The third-order valence-corrected chi connectivity index (χ3v) is 7.66. The van der Waals surface area contributed by atoms with E-state index >= 15 is 4.39 Å². The Kier molecular flexibility index (Phi) is 4.45. The second-order valence-corrected chi connectivity index (χ2v) is 9.48. The van der Waals surface area contributed by atoms with E-state index in [9.17, 15) is 14.4 Å². The van der Waals surface area contributed by atoms with Crippen LogP contribution in [-0.2, 0) is 4.79 Å². The van der Waals surface area contributed by atoms with Crippen molar-refractivity contribution in [2.75, 3.05) is 4.90 Å². The summed E-state index contributed by atoms with van der Waals surface area (Å²) in [6, 6.07) is 16.4. The van der Waals surface area contributed by atoms with Crippen molar-refractivity contribution in [2.24, 2.45) is 5.41 Å². The van der Waals surface area contributed by atoms with Crippen LogP contribution in [0.2, 0.25) is 5.02 Å². The van der Waals surface area contributed by atoms with Gasteiger partial charge in [0.25, 0.3) is 0 Å². The van der Waals surface area contributed by atoms with Crippen molar-refractivity contribution >= 4 is 40.7 Å². The van der Waals surface area contributed by atoms with Gasteiger partial charge in [0.2, 0.25) is 0 Å². The molecule has 34 heavy (non-hydrogen) atoms. The molecule has 6 rings (SSSR count). The van der Waals surface area contributed by atoms with Crippen molar-refractivity contribution in [1.82, 2.24) is 0 Å². The molecule has 2 heterocycles. The molecular formula is C28H19ClFNO3. The number of nitrogens with zero attached hydrogens (tertiary/aromatic N) is 1. The molecule has 0 unspecified atom stereocenters. The van der Waals surface area contributed by atoms with E-state index in [-0.39, 0.29) is 22.9 Å². The molecule has 1 saturated heterocycles. The van der Waals surface area contributed by atoms with Crippen molar-refractivity contribution in [3.05, 3.63) is 106 Å². The maximum atomic E-state index is 15.3. The molecular weight excluding hydrogens is 453 g/mol. The van der Waals surface area contributed by atoms with E-state index in [0.717, 1.165) is 5.56 Å². The number of rotatable bonds is 2. The first-order valence-electron chi connectivity index (χ1n) is 11.1. The van der Waals surface area contributed by atoms with Gasteiger partial charge < -0.3 is 4.90 Å². The van der Waals surface area contributed by atoms with Crippen LogP contribution in [0.5, 0.6) is 0 Å². The Hall–Kier alpha value is -3.57. The lowest BCUT2D eigenvalue weighted by Gasteiger charge is -2.37. The third kappa shape index (κ3) is 2.50. The first-order chi connectivity index (χ1) is 16.4. The average molecular weight is 472 g/mol. The van der Waals surface area contributed by atoms with E-state index in [1.54, 1.807) is 66.7 Å². The summed E-state index contributed by atoms with van der Waals surface area (Å²) in [6.45, 7) is 1.43. The molecule has 0 radical (unpaired) electrons. The van der Waals surface area contributed by atoms with Crippen molar-refractivity contribution in [3.8, 4) is 0 Å². The van der Waals surface area contributed by atoms with E-state index < -0.39 is 29.2 Å². The second-order valence-electron chi connectivity index (χ2n) is 9.04. The number of ketones is 3. The summed E-state index contributed by atoms with van der Waals surface area (Å²) in [5, 5.41) is 0.529. The molecule has 0 N–H and O–H groups in total. The number of hydrogen-bond acceptors (Lipinski definition) is 4. The zero-order valence-electron chi connectivity index (χ0n) is 18.2.